The first-order valence-electron chi connectivity index (χ1n) is 8.97. The van der Waals surface area contributed by atoms with Gasteiger partial charge in [0, 0.05) is 29.1 Å². The van der Waals surface area contributed by atoms with Crippen LogP contribution in [-0.2, 0) is 19.1 Å². The molecular formula is C20H28N2O4S. The lowest BCUT2D eigenvalue weighted by Crippen LogP contribution is -2.54. The van der Waals surface area contributed by atoms with Crippen molar-refractivity contribution in [2.45, 2.75) is 31.2 Å². The van der Waals surface area contributed by atoms with E-state index in [0.717, 1.165) is 29.3 Å². The molecule has 1 heterocycles. The Morgan fingerprint density at radius 1 is 1.26 bits per heavy atom. The van der Waals surface area contributed by atoms with Crippen molar-refractivity contribution < 1.29 is 19.1 Å². The summed E-state index contributed by atoms with van der Waals surface area (Å²) in [6.45, 7) is 12.7. The smallest absolute Gasteiger partial charge is 0.333 e. The van der Waals surface area contributed by atoms with Gasteiger partial charge in [-0.25, -0.2) is 4.79 Å². The Bertz CT molecular complexity index is 680. The molecule has 1 aliphatic heterocycles. The van der Waals surface area contributed by atoms with E-state index in [1.807, 2.05) is 24.3 Å². The largest absolute Gasteiger partial charge is 0.459 e. The number of carbonyl (C=O) groups excluding carboxylic acids is 1. The van der Waals surface area contributed by atoms with Gasteiger partial charge in [0.05, 0.1) is 18.8 Å². The van der Waals surface area contributed by atoms with Gasteiger partial charge in [0.15, 0.2) is 6.61 Å². The van der Waals surface area contributed by atoms with Gasteiger partial charge in [0.2, 0.25) is 0 Å². The quantitative estimate of drug-likeness (QED) is 0.184. The minimum Gasteiger partial charge on any atom is -0.459 e. The Balaban J connectivity index is 2.12. The van der Waals surface area contributed by atoms with Crippen LogP contribution in [0.4, 0.5) is 0 Å². The molecular weight excluding hydrogens is 364 g/mol. The standard InChI is InChI=1S/C20H28N2O4S/c1-15(2)19(23)25-13-14-26-21-18(16-5-7-17(27)8-6-16)20(3,4)22-9-11-24-12-10-22/h5-8,27H,1,9-14H2,2-4H3/b21-18-. The van der Waals surface area contributed by atoms with Crippen LogP contribution in [-0.4, -0.2) is 61.6 Å². The first-order chi connectivity index (χ1) is 12.8. The predicted octanol–water partition coefficient (Wildman–Crippen LogP) is 2.93. The maximum Gasteiger partial charge on any atom is 0.333 e. The van der Waals surface area contributed by atoms with E-state index in [1.54, 1.807) is 6.92 Å². The summed E-state index contributed by atoms with van der Waals surface area (Å²) in [5.74, 6) is -0.430. The molecule has 7 heteroatoms. The second-order valence-electron chi connectivity index (χ2n) is 6.89. The predicted molar refractivity (Wildman–Crippen MR) is 108 cm³/mol. The molecule has 1 aromatic rings. The molecule has 2 rings (SSSR count). The third-order valence-electron chi connectivity index (χ3n) is 4.43. The highest BCUT2D eigenvalue weighted by atomic mass is 32.1. The third-order valence-corrected chi connectivity index (χ3v) is 4.73. The average molecular weight is 393 g/mol. The molecule has 27 heavy (non-hydrogen) atoms. The summed E-state index contributed by atoms with van der Waals surface area (Å²) in [6.07, 6.45) is 0. The molecule has 0 aromatic heterocycles. The minimum atomic E-state index is -0.430. The van der Waals surface area contributed by atoms with Crippen molar-refractivity contribution in [3.05, 3.63) is 42.0 Å². The van der Waals surface area contributed by atoms with Crippen LogP contribution >= 0.6 is 12.6 Å². The van der Waals surface area contributed by atoms with Gasteiger partial charge in [-0.3, -0.25) is 4.90 Å². The van der Waals surface area contributed by atoms with Gasteiger partial charge in [-0.05, 0) is 32.9 Å². The molecule has 1 aromatic carbocycles. The number of rotatable bonds is 8. The molecule has 0 bridgehead atoms. The fraction of sp³-hybridized carbons (Fsp3) is 0.500. The summed E-state index contributed by atoms with van der Waals surface area (Å²) < 4.78 is 10.5. The van der Waals surface area contributed by atoms with Gasteiger partial charge in [0.1, 0.15) is 12.3 Å². The van der Waals surface area contributed by atoms with Crippen molar-refractivity contribution in [1.82, 2.24) is 4.90 Å². The average Bonchev–Trinajstić information content (AvgIpc) is 2.66. The van der Waals surface area contributed by atoms with Crippen molar-refractivity contribution >= 4 is 24.3 Å². The molecule has 0 spiro atoms. The zero-order valence-corrected chi connectivity index (χ0v) is 17.1. The summed E-state index contributed by atoms with van der Waals surface area (Å²) in [5, 5.41) is 4.41. The molecule has 1 fully saturated rings. The lowest BCUT2D eigenvalue weighted by molar-refractivity contribution is -0.140. The number of hydrogen-bond acceptors (Lipinski definition) is 7. The van der Waals surface area contributed by atoms with Crippen molar-refractivity contribution in [3.63, 3.8) is 0 Å². The molecule has 1 aliphatic rings. The van der Waals surface area contributed by atoms with Crippen molar-refractivity contribution in [3.8, 4) is 0 Å². The Morgan fingerprint density at radius 2 is 1.89 bits per heavy atom. The maximum absolute atomic E-state index is 11.4. The summed E-state index contributed by atoms with van der Waals surface area (Å²) in [4.78, 5) is 20.1. The first-order valence-corrected chi connectivity index (χ1v) is 9.42. The highest BCUT2D eigenvalue weighted by Crippen LogP contribution is 2.24. The van der Waals surface area contributed by atoms with E-state index >= 15 is 0 Å². The minimum absolute atomic E-state index is 0.121. The molecule has 0 N–H and O–H groups in total. The Hall–Kier alpha value is -1.83. The maximum atomic E-state index is 11.4. The fourth-order valence-corrected chi connectivity index (χ4v) is 2.96. The summed E-state index contributed by atoms with van der Waals surface area (Å²) in [5.41, 5.74) is 1.78. The number of nitrogens with zero attached hydrogens (tertiary/aromatic N) is 2. The first kappa shape index (κ1) is 21.5. The topological polar surface area (TPSA) is 60.4 Å². The number of esters is 1. The molecule has 148 valence electrons. The number of ether oxygens (including phenoxy) is 2. The van der Waals surface area contributed by atoms with Crippen molar-refractivity contribution in [1.29, 1.82) is 0 Å². The lowest BCUT2D eigenvalue weighted by Gasteiger charge is -2.41. The Kier molecular flexibility index (Phi) is 7.89. The van der Waals surface area contributed by atoms with E-state index in [-0.39, 0.29) is 18.8 Å². The van der Waals surface area contributed by atoms with Crippen LogP contribution in [0.3, 0.4) is 0 Å². The molecule has 0 amide bonds. The van der Waals surface area contributed by atoms with Crippen LogP contribution in [0.15, 0.2) is 46.5 Å². The summed E-state index contributed by atoms with van der Waals surface area (Å²) in [7, 11) is 0. The number of oxime groups is 1. The molecule has 0 radical (unpaired) electrons. The monoisotopic (exact) mass is 392 g/mol. The number of carbonyl (C=O) groups is 1. The fourth-order valence-electron chi connectivity index (χ4n) is 2.81. The van der Waals surface area contributed by atoms with Gasteiger partial charge < -0.3 is 14.3 Å². The second kappa shape index (κ2) is 9.92. The number of hydrogen-bond donors (Lipinski definition) is 1. The van der Waals surface area contributed by atoms with Crippen LogP contribution in [0.5, 0.6) is 0 Å². The highest BCUT2D eigenvalue weighted by Gasteiger charge is 2.35. The van der Waals surface area contributed by atoms with Gasteiger partial charge >= 0.3 is 5.97 Å². The normalized spacial score (nSPS) is 16.1. The lowest BCUT2D eigenvalue weighted by atomic mass is 9.90. The van der Waals surface area contributed by atoms with E-state index < -0.39 is 5.97 Å². The van der Waals surface area contributed by atoms with Crippen molar-refractivity contribution in [2.75, 3.05) is 39.5 Å². The number of benzene rings is 1. The Morgan fingerprint density at radius 3 is 2.48 bits per heavy atom. The zero-order valence-electron chi connectivity index (χ0n) is 16.2. The van der Waals surface area contributed by atoms with E-state index in [1.165, 1.54) is 0 Å². The molecule has 0 aliphatic carbocycles. The van der Waals surface area contributed by atoms with Crippen molar-refractivity contribution in [2.24, 2.45) is 5.16 Å². The molecule has 0 saturated carbocycles. The van der Waals surface area contributed by atoms with Gasteiger partial charge in [0.25, 0.3) is 0 Å². The third kappa shape index (κ3) is 6.09. The Labute approximate surface area is 166 Å². The summed E-state index contributed by atoms with van der Waals surface area (Å²) >= 11 is 4.35. The number of thiol groups is 1. The van der Waals surface area contributed by atoms with Crippen LogP contribution in [0, 0.1) is 0 Å². The van der Waals surface area contributed by atoms with Crippen LogP contribution in [0.2, 0.25) is 0 Å². The summed E-state index contributed by atoms with van der Waals surface area (Å²) in [6, 6.07) is 7.82. The zero-order chi connectivity index (χ0) is 19.9. The second-order valence-corrected chi connectivity index (χ2v) is 7.41. The van der Waals surface area contributed by atoms with Crippen LogP contribution in [0.1, 0.15) is 26.3 Å². The van der Waals surface area contributed by atoms with Gasteiger partial charge in [-0.1, -0.05) is 23.9 Å². The molecule has 6 nitrogen and oxygen atoms in total. The van der Waals surface area contributed by atoms with Crippen LogP contribution < -0.4 is 0 Å². The van der Waals surface area contributed by atoms with Gasteiger partial charge in [-0.15, -0.1) is 12.6 Å². The number of morpholine rings is 1. The van der Waals surface area contributed by atoms with E-state index in [9.17, 15) is 4.79 Å². The van der Waals surface area contributed by atoms with E-state index in [4.69, 9.17) is 14.3 Å². The molecule has 0 atom stereocenters. The van der Waals surface area contributed by atoms with Gasteiger partial charge in [-0.2, -0.15) is 0 Å². The van der Waals surface area contributed by atoms with E-state index in [2.05, 4.69) is 43.1 Å². The molecule has 0 unspecified atom stereocenters. The van der Waals surface area contributed by atoms with E-state index in [0.29, 0.717) is 18.8 Å². The molecule has 1 saturated heterocycles. The highest BCUT2D eigenvalue weighted by molar-refractivity contribution is 7.80. The van der Waals surface area contributed by atoms with Crippen LogP contribution in [0.25, 0.3) is 0 Å². The SMILES string of the molecule is C=C(C)C(=O)OCCO/N=C(/c1ccc(S)cc1)C(C)(C)N1CCOCC1.